The molecule has 0 saturated heterocycles. The minimum Gasteiger partial charge on any atom is -0.478 e. The summed E-state index contributed by atoms with van der Waals surface area (Å²) in [5.41, 5.74) is 9.21. The van der Waals surface area contributed by atoms with E-state index >= 15 is 0 Å². The first-order chi connectivity index (χ1) is 14.5. The monoisotopic (exact) mass is 415 g/mol. The van der Waals surface area contributed by atoms with Crippen LogP contribution in [-0.4, -0.2) is 16.1 Å². The number of hydrogen-bond acceptors (Lipinski definition) is 2. The molecular formula is C28H33NO2. The molecule has 2 fully saturated rings. The topological polar surface area (TPSA) is 50.2 Å². The summed E-state index contributed by atoms with van der Waals surface area (Å²) in [4.78, 5) is 15.6. The van der Waals surface area contributed by atoms with Crippen molar-refractivity contribution in [2.45, 2.75) is 83.0 Å². The molecule has 1 aromatic heterocycles. The summed E-state index contributed by atoms with van der Waals surface area (Å²) in [7, 11) is 0. The summed E-state index contributed by atoms with van der Waals surface area (Å²) >= 11 is 0. The Morgan fingerprint density at radius 3 is 2.32 bits per heavy atom. The van der Waals surface area contributed by atoms with Gasteiger partial charge in [0, 0.05) is 11.6 Å². The van der Waals surface area contributed by atoms with Gasteiger partial charge in [-0.05, 0) is 96.2 Å². The van der Waals surface area contributed by atoms with Crippen molar-refractivity contribution in [2.24, 2.45) is 5.92 Å². The second kappa shape index (κ2) is 6.54. The standard InChI is InChI=1S/C28H33NO2/c1-17-12-23-24(27(4,5)11-10-26(23,2)3)14-22(17)28-15-20(28)8-7-19(28)13-21-9-6-18(16-29-21)25(30)31/h6,9,12-14,16,20H,7-8,10-11,15H2,1-5H3,(H,30,31)/b19-13+. The summed E-state index contributed by atoms with van der Waals surface area (Å²) in [6, 6.07) is 8.55. The van der Waals surface area contributed by atoms with E-state index in [2.05, 4.69) is 57.8 Å². The highest BCUT2D eigenvalue weighted by Gasteiger charge is 2.61. The van der Waals surface area contributed by atoms with Gasteiger partial charge in [-0.2, -0.15) is 0 Å². The van der Waals surface area contributed by atoms with Crippen LogP contribution in [0.3, 0.4) is 0 Å². The quantitative estimate of drug-likeness (QED) is 0.616. The van der Waals surface area contributed by atoms with Crippen LogP contribution in [0.2, 0.25) is 0 Å². The molecule has 2 aromatic rings. The molecule has 0 aliphatic heterocycles. The predicted octanol–water partition coefficient (Wildman–Crippen LogP) is 6.57. The Bertz CT molecular complexity index is 1110. The van der Waals surface area contributed by atoms with Crippen molar-refractivity contribution in [3.63, 3.8) is 0 Å². The van der Waals surface area contributed by atoms with Crippen LogP contribution in [0.5, 0.6) is 0 Å². The van der Waals surface area contributed by atoms with Gasteiger partial charge in [-0.25, -0.2) is 4.79 Å². The summed E-state index contributed by atoms with van der Waals surface area (Å²) in [6.07, 6.45) is 9.75. The minimum atomic E-state index is -0.929. The van der Waals surface area contributed by atoms with E-state index < -0.39 is 5.97 Å². The maximum atomic E-state index is 11.1. The fraction of sp³-hybridized carbons (Fsp3) is 0.500. The largest absolute Gasteiger partial charge is 0.478 e. The van der Waals surface area contributed by atoms with Gasteiger partial charge in [-0.15, -0.1) is 0 Å². The van der Waals surface area contributed by atoms with Gasteiger partial charge >= 0.3 is 5.97 Å². The number of rotatable bonds is 3. The number of aryl methyl sites for hydroxylation is 1. The number of allylic oxidation sites excluding steroid dienone is 1. The fourth-order valence-electron chi connectivity index (χ4n) is 6.33. The molecule has 1 N–H and O–H groups in total. The molecule has 3 heteroatoms. The molecule has 3 aliphatic rings. The summed E-state index contributed by atoms with van der Waals surface area (Å²) in [5, 5.41) is 9.15. The van der Waals surface area contributed by atoms with Crippen molar-refractivity contribution in [3.8, 4) is 0 Å². The molecule has 5 rings (SSSR count). The Morgan fingerprint density at radius 1 is 1.06 bits per heavy atom. The number of benzene rings is 1. The highest BCUT2D eigenvalue weighted by Crippen LogP contribution is 2.68. The molecule has 0 radical (unpaired) electrons. The van der Waals surface area contributed by atoms with Crippen LogP contribution < -0.4 is 0 Å². The number of carbonyl (C=O) groups is 1. The fourth-order valence-corrected chi connectivity index (χ4v) is 6.33. The lowest BCUT2D eigenvalue weighted by Gasteiger charge is -2.43. The maximum absolute atomic E-state index is 11.1. The zero-order chi connectivity index (χ0) is 22.2. The second-order valence-corrected chi connectivity index (χ2v) is 11.3. The van der Waals surface area contributed by atoms with Gasteiger partial charge in [0.15, 0.2) is 0 Å². The molecule has 0 spiro atoms. The Kier molecular flexibility index (Phi) is 4.32. The number of hydrogen-bond donors (Lipinski definition) is 1. The van der Waals surface area contributed by atoms with Crippen LogP contribution in [-0.2, 0) is 16.2 Å². The van der Waals surface area contributed by atoms with Crippen molar-refractivity contribution in [2.75, 3.05) is 0 Å². The average molecular weight is 416 g/mol. The third-order valence-electron chi connectivity index (χ3n) is 8.47. The van der Waals surface area contributed by atoms with Crippen LogP contribution in [0.15, 0.2) is 36.0 Å². The van der Waals surface area contributed by atoms with E-state index in [9.17, 15) is 4.79 Å². The lowest BCUT2D eigenvalue weighted by molar-refractivity contribution is 0.0696. The van der Waals surface area contributed by atoms with Crippen molar-refractivity contribution < 1.29 is 9.90 Å². The first-order valence-corrected chi connectivity index (χ1v) is 11.6. The lowest BCUT2D eigenvalue weighted by atomic mass is 9.62. The lowest BCUT2D eigenvalue weighted by Crippen LogP contribution is -2.34. The number of aromatic carboxylic acids is 1. The normalized spacial score (nSPS) is 28.8. The zero-order valence-electron chi connectivity index (χ0n) is 19.4. The SMILES string of the molecule is Cc1cc2c(cc1C13CC1CC/C3=C\c1ccc(C(=O)O)cn1)C(C)(C)CCC2(C)C. The van der Waals surface area contributed by atoms with E-state index in [1.807, 2.05) is 6.07 Å². The number of pyridine rings is 1. The van der Waals surface area contributed by atoms with Gasteiger partial charge < -0.3 is 5.11 Å². The van der Waals surface area contributed by atoms with Gasteiger partial charge in [0.05, 0.1) is 11.3 Å². The van der Waals surface area contributed by atoms with E-state index in [1.165, 1.54) is 54.1 Å². The van der Waals surface area contributed by atoms with Gasteiger partial charge in [-0.1, -0.05) is 45.4 Å². The second-order valence-electron chi connectivity index (χ2n) is 11.3. The Labute approximate surface area is 185 Å². The van der Waals surface area contributed by atoms with Gasteiger partial charge in [0.2, 0.25) is 0 Å². The molecule has 1 aromatic carbocycles. The number of aromatic nitrogens is 1. The molecular weight excluding hydrogens is 382 g/mol. The van der Waals surface area contributed by atoms with Crippen molar-refractivity contribution in [1.29, 1.82) is 0 Å². The van der Waals surface area contributed by atoms with Gasteiger partial charge in [0.25, 0.3) is 0 Å². The summed E-state index contributed by atoms with van der Waals surface area (Å²) in [5.74, 6) is -0.199. The maximum Gasteiger partial charge on any atom is 0.337 e. The molecule has 0 amide bonds. The molecule has 2 saturated carbocycles. The number of carboxylic acids is 1. The molecule has 1 heterocycles. The van der Waals surface area contributed by atoms with E-state index in [1.54, 1.807) is 11.6 Å². The third-order valence-corrected chi connectivity index (χ3v) is 8.47. The van der Waals surface area contributed by atoms with Crippen LogP contribution in [0.1, 0.15) is 98.1 Å². The molecule has 3 nitrogen and oxygen atoms in total. The van der Waals surface area contributed by atoms with E-state index in [4.69, 9.17) is 5.11 Å². The molecule has 3 aliphatic carbocycles. The average Bonchev–Trinajstić information content (AvgIpc) is 3.34. The van der Waals surface area contributed by atoms with Crippen LogP contribution in [0.4, 0.5) is 0 Å². The minimum absolute atomic E-state index is 0.157. The first kappa shape index (κ1) is 20.5. The van der Waals surface area contributed by atoms with Crippen LogP contribution in [0.25, 0.3) is 6.08 Å². The number of nitrogens with zero attached hydrogens (tertiary/aromatic N) is 1. The number of fused-ring (bicyclic) bond motifs is 2. The van der Waals surface area contributed by atoms with Gasteiger partial charge in [0.1, 0.15) is 0 Å². The summed E-state index contributed by atoms with van der Waals surface area (Å²) in [6.45, 7) is 11.9. The smallest absolute Gasteiger partial charge is 0.337 e. The van der Waals surface area contributed by atoms with Crippen LogP contribution >= 0.6 is 0 Å². The Balaban J connectivity index is 1.59. The molecule has 0 bridgehead atoms. The Morgan fingerprint density at radius 2 is 1.74 bits per heavy atom. The van der Waals surface area contributed by atoms with Gasteiger partial charge in [-0.3, -0.25) is 4.98 Å². The third kappa shape index (κ3) is 3.08. The molecule has 31 heavy (non-hydrogen) atoms. The van der Waals surface area contributed by atoms with Crippen molar-refractivity contribution >= 4 is 12.0 Å². The highest BCUT2D eigenvalue weighted by molar-refractivity contribution is 5.87. The summed E-state index contributed by atoms with van der Waals surface area (Å²) < 4.78 is 0. The van der Waals surface area contributed by atoms with Crippen LogP contribution in [0, 0.1) is 12.8 Å². The first-order valence-electron chi connectivity index (χ1n) is 11.6. The molecule has 2 atom stereocenters. The van der Waals surface area contributed by atoms with Crippen molar-refractivity contribution in [3.05, 3.63) is 69.5 Å². The molecule has 162 valence electrons. The molecule has 2 unspecified atom stereocenters. The highest BCUT2D eigenvalue weighted by atomic mass is 16.4. The van der Waals surface area contributed by atoms with E-state index in [0.29, 0.717) is 0 Å². The van der Waals surface area contributed by atoms with E-state index in [0.717, 1.165) is 18.0 Å². The predicted molar refractivity (Wildman–Crippen MR) is 125 cm³/mol. The zero-order valence-corrected chi connectivity index (χ0v) is 19.4. The number of carboxylic acid groups (broad SMARTS) is 1. The van der Waals surface area contributed by atoms with Crippen molar-refractivity contribution in [1.82, 2.24) is 4.98 Å². The Hall–Kier alpha value is -2.42. The van der Waals surface area contributed by atoms with E-state index in [-0.39, 0.29) is 21.8 Å².